The van der Waals surface area contributed by atoms with Crippen molar-refractivity contribution in [3.05, 3.63) is 35.7 Å². The molecule has 0 saturated carbocycles. The van der Waals surface area contributed by atoms with Gasteiger partial charge in [-0.15, -0.1) is 0 Å². The van der Waals surface area contributed by atoms with Gasteiger partial charge in [0.15, 0.2) is 0 Å². The van der Waals surface area contributed by atoms with Gasteiger partial charge < -0.3 is 14.5 Å². The van der Waals surface area contributed by atoms with Crippen molar-refractivity contribution in [2.45, 2.75) is 0 Å². The van der Waals surface area contributed by atoms with E-state index in [1.807, 2.05) is 24.3 Å². The highest BCUT2D eigenvalue weighted by atomic mass is 35.5. The summed E-state index contributed by atoms with van der Waals surface area (Å²) in [6.45, 7) is 0. The van der Waals surface area contributed by atoms with E-state index in [2.05, 4.69) is 15.0 Å². The number of hydrogen-bond donors (Lipinski definition) is 1. The molecule has 2 heterocycles. The van der Waals surface area contributed by atoms with Crippen LogP contribution in [0.5, 0.6) is 11.5 Å². The van der Waals surface area contributed by atoms with Gasteiger partial charge in [0.25, 0.3) is 0 Å². The summed E-state index contributed by atoms with van der Waals surface area (Å²) in [4.78, 5) is 11.3. The average Bonchev–Trinajstić information content (AvgIpc) is 2.92. The number of aromatic amines is 1. The van der Waals surface area contributed by atoms with Gasteiger partial charge in [-0.05, 0) is 24.3 Å². The van der Waals surface area contributed by atoms with Gasteiger partial charge in [0.2, 0.25) is 0 Å². The van der Waals surface area contributed by atoms with Crippen LogP contribution in [0, 0.1) is 0 Å². The molecule has 102 valence electrons. The molecule has 0 unspecified atom stereocenters. The van der Waals surface area contributed by atoms with Gasteiger partial charge in [-0.25, -0.2) is 9.97 Å². The van der Waals surface area contributed by atoms with E-state index >= 15 is 0 Å². The second-order valence-corrected chi connectivity index (χ2v) is 4.53. The molecule has 0 aliphatic rings. The number of methoxy groups -OCH3 is 2. The number of ether oxygens (including phenoxy) is 2. The fraction of sp³-hybridized carbons (Fsp3) is 0.143. The SMILES string of the molecule is COc1ccc(OC)c(-c2cc3c(Cl)ncnc3[nH]2)c1. The predicted molar refractivity (Wildman–Crippen MR) is 77.4 cm³/mol. The molecule has 0 spiro atoms. The number of benzene rings is 1. The maximum atomic E-state index is 6.06. The molecule has 0 atom stereocenters. The van der Waals surface area contributed by atoms with E-state index in [9.17, 15) is 0 Å². The molecule has 0 aliphatic heterocycles. The van der Waals surface area contributed by atoms with Crippen LogP contribution in [0.1, 0.15) is 0 Å². The molecule has 0 aliphatic carbocycles. The van der Waals surface area contributed by atoms with E-state index in [1.54, 1.807) is 14.2 Å². The van der Waals surface area contributed by atoms with Gasteiger partial charge in [0.05, 0.1) is 25.3 Å². The van der Waals surface area contributed by atoms with Crippen LogP contribution < -0.4 is 9.47 Å². The monoisotopic (exact) mass is 289 g/mol. The lowest BCUT2D eigenvalue weighted by molar-refractivity contribution is 0.404. The largest absolute Gasteiger partial charge is 0.497 e. The fourth-order valence-corrected chi connectivity index (χ4v) is 2.27. The Kier molecular flexibility index (Phi) is 3.20. The first-order chi connectivity index (χ1) is 9.72. The van der Waals surface area contributed by atoms with Crippen LogP contribution in [-0.4, -0.2) is 29.2 Å². The molecule has 5 nitrogen and oxygen atoms in total. The molecule has 6 heteroatoms. The minimum Gasteiger partial charge on any atom is -0.497 e. The number of nitrogens with one attached hydrogen (secondary N) is 1. The number of halogens is 1. The summed E-state index contributed by atoms with van der Waals surface area (Å²) in [5.41, 5.74) is 2.41. The first-order valence-corrected chi connectivity index (χ1v) is 6.32. The zero-order valence-electron chi connectivity index (χ0n) is 11.0. The van der Waals surface area contributed by atoms with Crippen molar-refractivity contribution in [3.63, 3.8) is 0 Å². The molecule has 3 aromatic rings. The maximum absolute atomic E-state index is 6.06. The van der Waals surface area contributed by atoms with Crippen molar-refractivity contribution >= 4 is 22.6 Å². The Balaban J connectivity index is 2.21. The quantitative estimate of drug-likeness (QED) is 0.752. The summed E-state index contributed by atoms with van der Waals surface area (Å²) in [6.07, 6.45) is 1.42. The third kappa shape index (κ3) is 2.06. The number of rotatable bonds is 3. The summed E-state index contributed by atoms with van der Waals surface area (Å²) < 4.78 is 10.6. The van der Waals surface area contributed by atoms with Crippen molar-refractivity contribution in [1.82, 2.24) is 15.0 Å². The van der Waals surface area contributed by atoms with Crippen LogP contribution in [0.25, 0.3) is 22.3 Å². The van der Waals surface area contributed by atoms with E-state index in [4.69, 9.17) is 21.1 Å². The Morgan fingerprint density at radius 2 is 1.95 bits per heavy atom. The van der Waals surface area contributed by atoms with Gasteiger partial charge in [0, 0.05) is 5.56 Å². The number of hydrogen-bond acceptors (Lipinski definition) is 4. The third-order valence-corrected chi connectivity index (χ3v) is 3.38. The zero-order valence-corrected chi connectivity index (χ0v) is 11.7. The highest BCUT2D eigenvalue weighted by Gasteiger charge is 2.12. The van der Waals surface area contributed by atoms with E-state index in [0.29, 0.717) is 10.8 Å². The van der Waals surface area contributed by atoms with Gasteiger partial charge >= 0.3 is 0 Å². The predicted octanol–water partition coefficient (Wildman–Crippen LogP) is 3.30. The molecule has 20 heavy (non-hydrogen) atoms. The smallest absolute Gasteiger partial charge is 0.142 e. The van der Waals surface area contributed by atoms with Gasteiger partial charge in [-0.1, -0.05) is 11.6 Å². The molecule has 0 saturated heterocycles. The summed E-state index contributed by atoms with van der Waals surface area (Å²) in [6, 6.07) is 7.49. The van der Waals surface area contributed by atoms with Crippen LogP contribution in [0.2, 0.25) is 5.15 Å². The Morgan fingerprint density at radius 1 is 1.10 bits per heavy atom. The highest BCUT2D eigenvalue weighted by Crippen LogP contribution is 2.35. The van der Waals surface area contributed by atoms with Gasteiger partial charge in [-0.3, -0.25) is 0 Å². The summed E-state index contributed by atoms with van der Waals surface area (Å²) in [5, 5.41) is 1.19. The lowest BCUT2D eigenvalue weighted by Gasteiger charge is -2.08. The minimum absolute atomic E-state index is 0.416. The van der Waals surface area contributed by atoms with Gasteiger partial charge in [0.1, 0.15) is 28.6 Å². The standard InChI is InChI=1S/C14H12ClN3O2/c1-19-8-3-4-12(20-2)9(5-8)11-6-10-13(15)16-7-17-14(10)18-11/h3-7H,1-2H3,(H,16,17,18). The van der Waals surface area contributed by atoms with Crippen molar-refractivity contribution in [3.8, 4) is 22.8 Å². The Labute approximate surface area is 120 Å². The molecule has 0 radical (unpaired) electrons. The molecule has 0 amide bonds. The molecule has 1 aromatic carbocycles. The number of nitrogens with zero attached hydrogens (tertiary/aromatic N) is 2. The van der Waals surface area contributed by atoms with E-state index < -0.39 is 0 Å². The molecule has 2 aromatic heterocycles. The third-order valence-electron chi connectivity index (χ3n) is 3.07. The minimum atomic E-state index is 0.416. The number of aromatic nitrogens is 3. The van der Waals surface area contributed by atoms with E-state index in [-0.39, 0.29) is 0 Å². The van der Waals surface area contributed by atoms with E-state index in [0.717, 1.165) is 28.1 Å². The second-order valence-electron chi connectivity index (χ2n) is 4.18. The number of fused-ring (bicyclic) bond motifs is 1. The first kappa shape index (κ1) is 12.7. The molecule has 0 fully saturated rings. The molecule has 0 bridgehead atoms. The van der Waals surface area contributed by atoms with Crippen LogP contribution in [0.4, 0.5) is 0 Å². The van der Waals surface area contributed by atoms with E-state index in [1.165, 1.54) is 6.33 Å². The van der Waals surface area contributed by atoms with Crippen LogP contribution >= 0.6 is 11.6 Å². The summed E-state index contributed by atoms with van der Waals surface area (Å²) >= 11 is 6.06. The van der Waals surface area contributed by atoms with Crippen molar-refractivity contribution in [2.75, 3.05) is 14.2 Å². The topological polar surface area (TPSA) is 60.0 Å². The van der Waals surface area contributed by atoms with Crippen LogP contribution in [-0.2, 0) is 0 Å². The highest BCUT2D eigenvalue weighted by molar-refractivity contribution is 6.34. The second kappa shape index (κ2) is 5.02. The van der Waals surface area contributed by atoms with Crippen LogP contribution in [0.3, 0.4) is 0 Å². The summed E-state index contributed by atoms with van der Waals surface area (Å²) in [7, 11) is 3.25. The van der Waals surface area contributed by atoms with Crippen molar-refractivity contribution in [2.24, 2.45) is 0 Å². The number of H-pyrrole nitrogens is 1. The Bertz CT molecular complexity index is 770. The molecule has 1 N–H and O–H groups in total. The van der Waals surface area contributed by atoms with Crippen molar-refractivity contribution < 1.29 is 9.47 Å². The zero-order chi connectivity index (χ0) is 14.1. The van der Waals surface area contributed by atoms with Gasteiger partial charge in [-0.2, -0.15) is 0 Å². The maximum Gasteiger partial charge on any atom is 0.142 e. The Morgan fingerprint density at radius 3 is 2.65 bits per heavy atom. The average molecular weight is 290 g/mol. The normalized spacial score (nSPS) is 10.8. The molecular formula is C14H12ClN3O2. The van der Waals surface area contributed by atoms with Crippen LogP contribution in [0.15, 0.2) is 30.6 Å². The fourth-order valence-electron chi connectivity index (χ4n) is 2.08. The molecular weight excluding hydrogens is 278 g/mol. The molecule has 3 rings (SSSR count). The van der Waals surface area contributed by atoms with Crippen molar-refractivity contribution in [1.29, 1.82) is 0 Å². The summed E-state index contributed by atoms with van der Waals surface area (Å²) in [5.74, 6) is 1.48. The Hall–Kier alpha value is -2.27. The lowest BCUT2D eigenvalue weighted by Crippen LogP contribution is -1.90. The first-order valence-electron chi connectivity index (χ1n) is 5.94. The lowest BCUT2D eigenvalue weighted by atomic mass is 10.1.